The summed E-state index contributed by atoms with van der Waals surface area (Å²) in [5.41, 5.74) is -1.31. The van der Waals surface area contributed by atoms with Crippen molar-refractivity contribution in [3.63, 3.8) is 0 Å². The highest BCUT2D eigenvalue weighted by molar-refractivity contribution is 5.79. The average molecular weight is 175 g/mol. The zero-order valence-electron chi connectivity index (χ0n) is 7.38. The minimum absolute atomic E-state index is 0.240. The van der Waals surface area contributed by atoms with Crippen LogP contribution in [0.3, 0.4) is 0 Å². The topological polar surface area (TPSA) is 75.6 Å². The summed E-state index contributed by atoms with van der Waals surface area (Å²) >= 11 is 0. The molecule has 1 amide bonds. The first kappa shape index (κ1) is 10.9. The maximum Gasteiger partial charge on any atom is 0.335 e. The fraction of sp³-hybridized carbons (Fsp3) is 0.714. The Morgan fingerprint density at radius 1 is 1.50 bits per heavy atom. The summed E-state index contributed by atoms with van der Waals surface area (Å²) in [6.07, 6.45) is 0. The van der Waals surface area contributed by atoms with Crippen LogP contribution in [0.15, 0.2) is 0 Å². The van der Waals surface area contributed by atoms with Crippen LogP contribution < -0.4 is 5.32 Å². The van der Waals surface area contributed by atoms with Crippen molar-refractivity contribution in [3.05, 3.63) is 0 Å². The summed E-state index contributed by atoms with van der Waals surface area (Å²) in [6.45, 7) is 2.53. The SMILES string of the molecule is CNC(=O)COC(C)(C)C(=O)O. The number of amides is 1. The van der Waals surface area contributed by atoms with Crippen molar-refractivity contribution >= 4 is 11.9 Å². The van der Waals surface area contributed by atoms with Crippen LogP contribution in [0.1, 0.15) is 13.8 Å². The summed E-state index contributed by atoms with van der Waals surface area (Å²) in [5, 5.41) is 10.9. The fourth-order valence-electron chi connectivity index (χ4n) is 0.380. The molecule has 0 fully saturated rings. The molecule has 0 spiro atoms. The minimum Gasteiger partial charge on any atom is -0.479 e. The van der Waals surface area contributed by atoms with E-state index in [1.165, 1.54) is 20.9 Å². The standard InChI is InChI=1S/C7H13NO4/c1-7(2,6(10)11)12-4-5(9)8-3/h4H2,1-3H3,(H,8,9)(H,10,11). The van der Waals surface area contributed by atoms with Gasteiger partial charge < -0.3 is 15.2 Å². The van der Waals surface area contributed by atoms with E-state index in [0.717, 1.165) is 0 Å². The largest absolute Gasteiger partial charge is 0.479 e. The first-order valence-corrected chi connectivity index (χ1v) is 3.48. The van der Waals surface area contributed by atoms with Gasteiger partial charge in [0.1, 0.15) is 6.61 Å². The van der Waals surface area contributed by atoms with E-state index >= 15 is 0 Å². The number of carbonyl (C=O) groups excluding carboxylic acids is 1. The molecular formula is C7H13NO4. The molecule has 0 aliphatic rings. The molecule has 70 valence electrons. The predicted molar refractivity (Wildman–Crippen MR) is 41.7 cm³/mol. The van der Waals surface area contributed by atoms with E-state index in [1.807, 2.05) is 0 Å². The molecule has 5 nitrogen and oxygen atoms in total. The molecule has 0 aromatic carbocycles. The van der Waals surface area contributed by atoms with Crippen molar-refractivity contribution in [2.45, 2.75) is 19.4 Å². The van der Waals surface area contributed by atoms with Crippen LogP contribution in [0.5, 0.6) is 0 Å². The Balaban J connectivity index is 3.92. The van der Waals surface area contributed by atoms with Gasteiger partial charge in [0.2, 0.25) is 5.91 Å². The molecule has 0 aliphatic heterocycles. The van der Waals surface area contributed by atoms with Crippen molar-refractivity contribution in [2.24, 2.45) is 0 Å². The minimum atomic E-state index is -1.31. The van der Waals surface area contributed by atoms with Gasteiger partial charge in [0.25, 0.3) is 0 Å². The Morgan fingerprint density at radius 3 is 2.33 bits per heavy atom. The summed E-state index contributed by atoms with van der Waals surface area (Å²) in [7, 11) is 1.46. The highest BCUT2D eigenvalue weighted by Gasteiger charge is 2.28. The molecule has 12 heavy (non-hydrogen) atoms. The van der Waals surface area contributed by atoms with Crippen molar-refractivity contribution in [1.29, 1.82) is 0 Å². The smallest absolute Gasteiger partial charge is 0.335 e. The maximum atomic E-state index is 10.7. The average Bonchev–Trinajstić information content (AvgIpc) is 2.00. The zero-order chi connectivity index (χ0) is 9.78. The summed E-state index contributed by atoms with van der Waals surface area (Å²) in [5.74, 6) is -1.43. The zero-order valence-corrected chi connectivity index (χ0v) is 7.38. The molecule has 0 aromatic rings. The Labute approximate surface area is 70.7 Å². The number of rotatable bonds is 4. The number of hydrogen-bond donors (Lipinski definition) is 2. The number of hydrogen-bond acceptors (Lipinski definition) is 3. The van der Waals surface area contributed by atoms with E-state index in [0.29, 0.717) is 0 Å². The molecule has 0 saturated carbocycles. The van der Waals surface area contributed by atoms with Gasteiger partial charge in [-0.2, -0.15) is 0 Å². The third-order valence-electron chi connectivity index (χ3n) is 1.36. The lowest BCUT2D eigenvalue weighted by Gasteiger charge is -2.18. The molecule has 0 aliphatic carbocycles. The molecule has 0 rings (SSSR count). The second-order valence-electron chi connectivity index (χ2n) is 2.78. The lowest BCUT2D eigenvalue weighted by Crippen LogP contribution is -2.38. The quantitative estimate of drug-likeness (QED) is 0.610. The third kappa shape index (κ3) is 3.34. The molecule has 0 unspecified atom stereocenters. The van der Waals surface area contributed by atoms with Gasteiger partial charge in [0.15, 0.2) is 5.60 Å². The molecular weight excluding hydrogens is 162 g/mol. The molecule has 0 bridgehead atoms. The van der Waals surface area contributed by atoms with E-state index in [-0.39, 0.29) is 12.5 Å². The second kappa shape index (κ2) is 4.06. The molecule has 2 N–H and O–H groups in total. The van der Waals surface area contributed by atoms with Gasteiger partial charge in [-0.25, -0.2) is 4.79 Å². The third-order valence-corrected chi connectivity index (χ3v) is 1.36. The van der Waals surface area contributed by atoms with Crippen LogP contribution in [-0.2, 0) is 14.3 Å². The number of aliphatic carboxylic acids is 1. The van der Waals surface area contributed by atoms with E-state index in [2.05, 4.69) is 5.32 Å². The number of likely N-dealkylation sites (N-methyl/N-ethyl adjacent to an activating group) is 1. The monoisotopic (exact) mass is 175 g/mol. The fourth-order valence-corrected chi connectivity index (χ4v) is 0.380. The van der Waals surface area contributed by atoms with E-state index in [4.69, 9.17) is 9.84 Å². The number of carbonyl (C=O) groups is 2. The van der Waals surface area contributed by atoms with E-state index < -0.39 is 11.6 Å². The Kier molecular flexibility index (Phi) is 3.69. The van der Waals surface area contributed by atoms with E-state index in [1.54, 1.807) is 0 Å². The van der Waals surface area contributed by atoms with Crippen molar-refractivity contribution in [2.75, 3.05) is 13.7 Å². The van der Waals surface area contributed by atoms with Crippen LogP contribution in [0.4, 0.5) is 0 Å². The first-order valence-electron chi connectivity index (χ1n) is 3.48. The molecule has 0 radical (unpaired) electrons. The van der Waals surface area contributed by atoms with Crippen molar-refractivity contribution in [3.8, 4) is 0 Å². The molecule has 5 heteroatoms. The highest BCUT2D eigenvalue weighted by atomic mass is 16.5. The molecule has 0 saturated heterocycles. The van der Waals surface area contributed by atoms with Gasteiger partial charge in [0.05, 0.1) is 0 Å². The highest BCUT2D eigenvalue weighted by Crippen LogP contribution is 2.07. The van der Waals surface area contributed by atoms with Crippen molar-refractivity contribution < 1.29 is 19.4 Å². The van der Waals surface area contributed by atoms with Gasteiger partial charge in [0, 0.05) is 7.05 Å². The van der Waals surface area contributed by atoms with Gasteiger partial charge >= 0.3 is 5.97 Å². The van der Waals surface area contributed by atoms with Gasteiger partial charge in [-0.05, 0) is 13.8 Å². The van der Waals surface area contributed by atoms with Crippen LogP contribution in [0, 0.1) is 0 Å². The second-order valence-corrected chi connectivity index (χ2v) is 2.78. The summed E-state index contributed by atoms with van der Waals surface area (Å²) < 4.78 is 4.83. The maximum absolute atomic E-state index is 10.7. The number of nitrogens with one attached hydrogen (secondary N) is 1. The predicted octanol–water partition coefficient (Wildman–Crippen LogP) is -0.388. The van der Waals surface area contributed by atoms with Gasteiger partial charge in [-0.3, -0.25) is 4.79 Å². The Bertz CT molecular complexity index is 188. The first-order chi connectivity index (χ1) is 5.40. The Hall–Kier alpha value is -1.10. The molecule has 0 atom stereocenters. The van der Waals surface area contributed by atoms with Crippen LogP contribution in [0.25, 0.3) is 0 Å². The normalized spacial score (nSPS) is 10.9. The van der Waals surface area contributed by atoms with Crippen LogP contribution in [0.2, 0.25) is 0 Å². The van der Waals surface area contributed by atoms with Crippen molar-refractivity contribution in [1.82, 2.24) is 5.32 Å². The van der Waals surface area contributed by atoms with E-state index in [9.17, 15) is 9.59 Å². The molecule has 0 heterocycles. The number of carboxylic acid groups (broad SMARTS) is 1. The van der Waals surface area contributed by atoms with Gasteiger partial charge in [-0.15, -0.1) is 0 Å². The Morgan fingerprint density at radius 2 is 2.00 bits per heavy atom. The summed E-state index contributed by atoms with van der Waals surface area (Å²) in [6, 6.07) is 0. The number of ether oxygens (including phenoxy) is 1. The van der Waals surface area contributed by atoms with Crippen LogP contribution in [-0.4, -0.2) is 36.2 Å². The van der Waals surface area contributed by atoms with Gasteiger partial charge in [-0.1, -0.05) is 0 Å². The molecule has 0 aromatic heterocycles. The lowest BCUT2D eigenvalue weighted by molar-refractivity contribution is -0.163. The number of carboxylic acids is 1. The summed E-state index contributed by atoms with van der Waals surface area (Å²) in [4.78, 5) is 21.1. The lowest BCUT2D eigenvalue weighted by atomic mass is 10.1. The van der Waals surface area contributed by atoms with Crippen LogP contribution >= 0.6 is 0 Å².